The number of fused-ring (bicyclic) bond motifs is 1. The molecule has 0 spiro atoms. The van der Waals surface area contributed by atoms with Crippen molar-refractivity contribution >= 4 is 22.6 Å². The molecule has 0 radical (unpaired) electrons. The molecule has 7 nitrogen and oxygen atoms in total. The maximum atomic E-state index is 11.7. The average molecular weight is 283 g/mol. The number of hydrogen-bond acceptors (Lipinski definition) is 6. The SMILES string of the molecule is CCOC(=O)c1cnn(-c2ncnc3cc(N)ccc23)c1. The molecule has 0 bridgehead atoms. The van der Waals surface area contributed by atoms with E-state index in [9.17, 15) is 4.79 Å². The first kappa shape index (κ1) is 13.0. The van der Waals surface area contributed by atoms with Gasteiger partial charge in [0, 0.05) is 17.3 Å². The van der Waals surface area contributed by atoms with Gasteiger partial charge >= 0.3 is 5.97 Å². The van der Waals surface area contributed by atoms with E-state index in [0.29, 0.717) is 29.2 Å². The number of esters is 1. The molecule has 0 aliphatic rings. The van der Waals surface area contributed by atoms with E-state index in [1.807, 2.05) is 6.07 Å². The normalized spacial score (nSPS) is 10.7. The molecule has 0 fully saturated rings. The van der Waals surface area contributed by atoms with E-state index >= 15 is 0 Å². The Bertz CT molecular complexity index is 812. The minimum atomic E-state index is -0.411. The molecule has 0 saturated carbocycles. The van der Waals surface area contributed by atoms with Gasteiger partial charge in [-0.3, -0.25) is 0 Å². The van der Waals surface area contributed by atoms with E-state index in [1.54, 1.807) is 25.3 Å². The van der Waals surface area contributed by atoms with Crippen LogP contribution in [-0.4, -0.2) is 32.3 Å². The summed E-state index contributed by atoms with van der Waals surface area (Å²) >= 11 is 0. The molecular formula is C14H13N5O2. The number of anilines is 1. The van der Waals surface area contributed by atoms with Crippen molar-refractivity contribution in [1.82, 2.24) is 19.7 Å². The maximum absolute atomic E-state index is 11.7. The molecule has 0 aliphatic heterocycles. The number of carbonyl (C=O) groups is 1. The second-order valence-corrected chi connectivity index (χ2v) is 4.37. The third-order valence-corrected chi connectivity index (χ3v) is 2.95. The lowest BCUT2D eigenvalue weighted by Gasteiger charge is -2.05. The first-order valence-electron chi connectivity index (χ1n) is 6.41. The Balaban J connectivity index is 2.07. The molecule has 21 heavy (non-hydrogen) atoms. The lowest BCUT2D eigenvalue weighted by atomic mass is 10.2. The van der Waals surface area contributed by atoms with Crippen molar-refractivity contribution in [2.24, 2.45) is 0 Å². The number of nitrogens with zero attached hydrogens (tertiary/aromatic N) is 4. The van der Waals surface area contributed by atoms with Gasteiger partial charge in [0.1, 0.15) is 6.33 Å². The Labute approximate surface area is 120 Å². The third kappa shape index (κ3) is 2.40. The van der Waals surface area contributed by atoms with E-state index < -0.39 is 5.97 Å². The standard InChI is InChI=1S/C14H13N5O2/c1-2-21-14(20)9-6-18-19(7-9)13-11-4-3-10(15)5-12(11)16-8-17-13/h3-8H,2,15H2,1H3. The molecule has 0 amide bonds. The van der Waals surface area contributed by atoms with E-state index in [4.69, 9.17) is 10.5 Å². The predicted octanol–water partition coefficient (Wildman–Crippen LogP) is 1.57. The van der Waals surface area contributed by atoms with Gasteiger partial charge in [0.05, 0.1) is 23.9 Å². The molecule has 0 aliphatic carbocycles. The van der Waals surface area contributed by atoms with Crippen LogP contribution >= 0.6 is 0 Å². The fourth-order valence-corrected chi connectivity index (χ4v) is 2.00. The number of nitrogens with two attached hydrogens (primary N) is 1. The summed E-state index contributed by atoms with van der Waals surface area (Å²) in [4.78, 5) is 20.1. The molecule has 3 aromatic rings. The third-order valence-electron chi connectivity index (χ3n) is 2.95. The van der Waals surface area contributed by atoms with Crippen LogP contribution in [0.4, 0.5) is 5.69 Å². The highest BCUT2D eigenvalue weighted by Crippen LogP contribution is 2.20. The molecule has 0 unspecified atom stereocenters. The molecule has 2 N–H and O–H groups in total. The van der Waals surface area contributed by atoms with Crippen molar-refractivity contribution in [3.63, 3.8) is 0 Å². The van der Waals surface area contributed by atoms with Gasteiger partial charge in [-0.1, -0.05) is 0 Å². The van der Waals surface area contributed by atoms with Crippen molar-refractivity contribution in [2.45, 2.75) is 6.92 Å². The first-order valence-corrected chi connectivity index (χ1v) is 6.41. The molecule has 3 rings (SSSR count). The minimum Gasteiger partial charge on any atom is -0.462 e. The van der Waals surface area contributed by atoms with Gasteiger partial charge in [-0.05, 0) is 25.1 Å². The molecule has 0 saturated heterocycles. The summed E-state index contributed by atoms with van der Waals surface area (Å²) in [5.74, 6) is 0.168. The van der Waals surface area contributed by atoms with Crippen molar-refractivity contribution in [1.29, 1.82) is 0 Å². The summed E-state index contributed by atoms with van der Waals surface area (Å²) in [5.41, 5.74) is 7.46. The highest BCUT2D eigenvalue weighted by molar-refractivity contribution is 5.90. The Morgan fingerprint density at radius 1 is 1.38 bits per heavy atom. The Morgan fingerprint density at radius 3 is 3.05 bits per heavy atom. The van der Waals surface area contributed by atoms with Crippen LogP contribution in [0.25, 0.3) is 16.7 Å². The topological polar surface area (TPSA) is 95.9 Å². The molecule has 7 heteroatoms. The Kier molecular flexibility index (Phi) is 3.23. The summed E-state index contributed by atoms with van der Waals surface area (Å²) in [5, 5.41) is 4.95. The first-order chi connectivity index (χ1) is 10.2. The summed E-state index contributed by atoms with van der Waals surface area (Å²) in [7, 11) is 0. The Hall–Kier alpha value is -2.96. The fraction of sp³-hybridized carbons (Fsp3) is 0.143. The predicted molar refractivity (Wildman–Crippen MR) is 77.0 cm³/mol. The van der Waals surface area contributed by atoms with Crippen molar-refractivity contribution in [3.8, 4) is 5.82 Å². The second-order valence-electron chi connectivity index (χ2n) is 4.37. The number of rotatable bonds is 3. The van der Waals surface area contributed by atoms with Crippen LogP contribution < -0.4 is 5.73 Å². The minimum absolute atomic E-state index is 0.319. The molecule has 0 atom stereocenters. The van der Waals surface area contributed by atoms with Gasteiger partial charge in [0.25, 0.3) is 0 Å². The number of benzene rings is 1. The van der Waals surface area contributed by atoms with Gasteiger partial charge < -0.3 is 10.5 Å². The monoisotopic (exact) mass is 283 g/mol. The van der Waals surface area contributed by atoms with Gasteiger partial charge in [-0.25, -0.2) is 19.4 Å². The van der Waals surface area contributed by atoms with E-state index in [0.717, 1.165) is 5.39 Å². The lowest BCUT2D eigenvalue weighted by molar-refractivity contribution is 0.0526. The average Bonchev–Trinajstić information content (AvgIpc) is 2.96. The lowest BCUT2D eigenvalue weighted by Crippen LogP contribution is -2.04. The second kappa shape index (κ2) is 5.20. The smallest absolute Gasteiger partial charge is 0.341 e. The molecule has 2 heterocycles. The van der Waals surface area contributed by atoms with Gasteiger partial charge in [-0.2, -0.15) is 5.10 Å². The van der Waals surface area contributed by atoms with Crippen molar-refractivity contribution in [2.75, 3.05) is 12.3 Å². The van der Waals surface area contributed by atoms with Crippen LogP contribution in [0.2, 0.25) is 0 Å². The van der Waals surface area contributed by atoms with Gasteiger partial charge in [-0.15, -0.1) is 0 Å². The van der Waals surface area contributed by atoms with E-state index in [2.05, 4.69) is 15.1 Å². The number of nitrogen functional groups attached to an aromatic ring is 1. The summed E-state index contributed by atoms with van der Waals surface area (Å²) in [6, 6.07) is 5.35. The molecule has 2 aromatic heterocycles. The number of carbonyl (C=O) groups excluding carboxylic acids is 1. The highest BCUT2D eigenvalue weighted by atomic mass is 16.5. The van der Waals surface area contributed by atoms with Gasteiger partial charge in [0.15, 0.2) is 5.82 Å². The Morgan fingerprint density at radius 2 is 2.24 bits per heavy atom. The quantitative estimate of drug-likeness (QED) is 0.579. The van der Waals surface area contributed by atoms with Crippen molar-refractivity contribution < 1.29 is 9.53 Å². The largest absolute Gasteiger partial charge is 0.462 e. The zero-order chi connectivity index (χ0) is 14.8. The zero-order valence-corrected chi connectivity index (χ0v) is 11.4. The van der Waals surface area contributed by atoms with Crippen LogP contribution in [0.5, 0.6) is 0 Å². The van der Waals surface area contributed by atoms with Crippen LogP contribution in [0.15, 0.2) is 36.9 Å². The zero-order valence-electron chi connectivity index (χ0n) is 11.4. The summed E-state index contributed by atoms with van der Waals surface area (Å²) in [6.45, 7) is 2.07. The number of aromatic nitrogens is 4. The van der Waals surface area contributed by atoms with Crippen LogP contribution in [0, 0.1) is 0 Å². The van der Waals surface area contributed by atoms with Gasteiger partial charge in [0.2, 0.25) is 0 Å². The van der Waals surface area contributed by atoms with E-state index in [-0.39, 0.29) is 0 Å². The molecule has 1 aromatic carbocycles. The van der Waals surface area contributed by atoms with Crippen LogP contribution in [-0.2, 0) is 4.74 Å². The fourth-order valence-electron chi connectivity index (χ4n) is 2.00. The van der Waals surface area contributed by atoms with Crippen LogP contribution in [0.1, 0.15) is 17.3 Å². The maximum Gasteiger partial charge on any atom is 0.341 e. The highest BCUT2D eigenvalue weighted by Gasteiger charge is 2.12. The van der Waals surface area contributed by atoms with Crippen LogP contribution in [0.3, 0.4) is 0 Å². The summed E-state index contributed by atoms with van der Waals surface area (Å²) < 4.78 is 6.46. The number of ether oxygens (including phenoxy) is 1. The summed E-state index contributed by atoms with van der Waals surface area (Å²) in [6.07, 6.45) is 4.46. The van der Waals surface area contributed by atoms with Crippen molar-refractivity contribution in [3.05, 3.63) is 42.5 Å². The molecular weight excluding hydrogens is 270 g/mol. The van der Waals surface area contributed by atoms with E-state index in [1.165, 1.54) is 17.2 Å². The molecule has 106 valence electrons. The number of hydrogen-bond donors (Lipinski definition) is 1.